The summed E-state index contributed by atoms with van der Waals surface area (Å²) in [6.45, 7) is 1.57. The molecule has 1 saturated heterocycles. The molecule has 0 radical (unpaired) electrons. The molecule has 1 aromatic heterocycles. The van der Waals surface area contributed by atoms with Crippen molar-refractivity contribution in [3.05, 3.63) is 47.2 Å². The lowest BCUT2D eigenvalue weighted by Gasteiger charge is -2.28. The van der Waals surface area contributed by atoms with Gasteiger partial charge in [-0.3, -0.25) is 9.48 Å². The molecule has 1 unspecified atom stereocenters. The van der Waals surface area contributed by atoms with Crippen molar-refractivity contribution in [3.8, 4) is 0 Å². The van der Waals surface area contributed by atoms with Crippen LogP contribution < -0.4 is 5.32 Å². The van der Waals surface area contributed by atoms with Crippen LogP contribution in [0.4, 0.5) is 5.69 Å². The smallest absolute Gasteiger partial charge is 0.235 e. The standard InChI is InChI=1S/C21H26ClN3O2/c22-17-8-6-16(7-9-17)21(10-2-3-11-21)20(26)24-18-13-23-25(14-18)15-19-5-1-4-12-27-19/h6-9,13-14,19H,1-5,10-12,15H2,(H,24,26). The number of carbonyl (C=O) groups is 1. The minimum absolute atomic E-state index is 0.0517. The predicted octanol–water partition coefficient (Wildman–Crippen LogP) is 4.56. The average molecular weight is 388 g/mol. The number of ether oxygens (including phenoxy) is 1. The summed E-state index contributed by atoms with van der Waals surface area (Å²) in [6.07, 6.45) is 11.1. The molecule has 27 heavy (non-hydrogen) atoms. The Kier molecular flexibility index (Phi) is 5.50. The molecule has 4 rings (SSSR count). The van der Waals surface area contributed by atoms with Gasteiger partial charge in [-0.05, 0) is 49.8 Å². The largest absolute Gasteiger partial charge is 0.376 e. The van der Waals surface area contributed by atoms with Crippen LogP contribution in [0.1, 0.15) is 50.5 Å². The van der Waals surface area contributed by atoms with E-state index >= 15 is 0 Å². The first kappa shape index (κ1) is 18.5. The summed E-state index contributed by atoms with van der Waals surface area (Å²) in [6, 6.07) is 7.70. The summed E-state index contributed by atoms with van der Waals surface area (Å²) in [7, 11) is 0. The molecule has 5 nitrogen and oxygen atoms in total. The van der Waals surface area contributed by atoms with Crippen molar-refractivity contribution >= 4 is 23.2 Å². The number of anilines is 1. The predicted molar refractivity (Wildman–Crippen MR) is 106 cm³/mol. The van der Waals surface area contributed by atoms with E-state index in [9.17, 15) is 4.79 Å². The number of amides is 1. The number of benzene rings is 1. The highest BCUT2D eigenvalue weighted by Gasteiger charge is 2.42. The summed E-state index contributed by atoms with van der Waals surface area (Å²) >= 11 is 6.03. The number of rotatable bonds is 5. The van der Waals surface area contributed by atoms with E-state index in [1.807, 2.05) is 35.1 Å². The Bertz CT molecular complexity index is 775. The number of carbonyl (C=O) groups excluding carboxylic acids is 1. The maximum Gasteiger partial charge on any atom is 0.235 e. The van der Waals surface area contributed by atoms with Gasteiger partial charge in [0.15, 0.2) is 0 Å². The number of hydrogen-bond donors (Lipinski definition) is 1. The molecule has 1 saturated carbocycles. The Morgan fingerprint density at radius 1 is 1.22 bits per heavy atom. The molecule has 2 aliphatic rings. The highest BCUT2D eigenvalue weighted by atomic mass is 35.5. The maximum absolute atomic E-state index is 13.2. The first-order chi connectivity index (χ1) is 13.2. The molecule has 1 aliphatic carbocycles. The number of halogens is 1. The lowest BCUT2D eigenvalue weighted by atomic mass is 9.78. The normalized spacial score (nSPS) is 21.9. The van der Waals surface area contributed by atoms with Gasteiger partial charge in [0.1, 0.15) is 0 Å². The van der Waals surface area contributed by atoms with Crippen LogP contribution in [0.3, 0.4) is 0 Å². The van der Waals surface area contributed by atoms with Gasteiger partial charge in [-0.1, -0.05) is 36.6 Å². The number of nitrogens with zero attached hydrogens (tertiary/aromatic N) is 2. The molecule has 2 fully saturated rings. The number of hydrogen-bond acceptors (Lipinski definition) is 3. The molecule has 0 spiro atoms. The first-order valence-corrected chi connectivity index (χ1v) is 10.3. The number of aromatic nitrogens is 2. The molecule has 144 valence electrons. The third-order valence-corrected chi connectivity index (χ3v) is 6.10. The zero-order valence-electron chi connectivity index (χ0n) is 15.5. The van der Waals surface area contributed by atoms with Crippen LogP contribution in [0.25, 0.3) is 0 Å². The van der Waals surface area contributed by atoms with Gasteiger partial charge in [0.05, 0.1) is 29.9 Å². The van der Waals surface area contributed by atoms with E-state index in [2.05, 4.69) is 10.4 Å². The zero-order valence-corrected chi connectivity index (χ0v) is 16.3. The van der Waals surface area contributed by atoms with Crippen molar-refractivity contribution in [2.24, 2.45) is 0 Å². The fourth-order valence-corrected chi connectivity index (χ4v) is 4.46. The van der Waals surface area contributed by atoms with Gasteiger partial charge >= 0.3 is 0 Å². The summed E-state index contributed by atoms with van der Waals surface area (Å²) < 4.78 is 7.65. The Labute approximate surface area is 165 Å². The molecule has 2 aromatic rings. The second kappa shape index (κ2) is 8.03. The molecule has 1 aromatic carbocycles. The van der Waals surface area contributed by atoms with Gasteiger partial charge in [-0.15, -0.1) is 0 Å². The molecule has 6 heteroatoms. The third kappa shape index (κ3) is 4.04. The van der Waals surface area contributed by atoms with Crippen molar-refractivity contribution < 1.29 is 9.53 Å². The second-order valence-corrected chi connectivity index (χ2v) is 8.13. The minimum atomic E-state index is -0.473. The maximum atomic E-state index is 13.2. The zero-order chi connectivity index (χ0) is 18.7. The average Bonchev–Trinajstić information content (AvgIpc) is 3.34. The van der Waals surface area contributed by atoms with Crippen LogP contribution in [0.2, 0.25) is 5.02 Å². The van der Waals surface area contributed by atoms with Crippen molar-refractivity contribution in [2.45, 2.75) is 63.0 Å². The minimum Gasteiger partial charge on any atom is -0.376 e. The fraction of sp³-hybridized carbons (Fsp3) is 0.524. The van der Waals surface area contributed by atoms with Gasteiger partial charge < -0.3 is 10.1 Å². The highest BCUT2D eigenvalue weighted by molar-refractivity contribution is 6.30. The van der Waals surface area contributed by atoms with Crippen molar-refractivity contribution in [1.82, 2.24) is 9.78 Å². The monoisotopic (exact) mass is 387 g/mol. The molecule has 0 bridgehead atoms. The van der Waals surface area contributed by atoms with Crippen molar-refractivity contribution in [3.63, 3.8) is 0 Å². The molecule has 1 aliphatic heterocycles. The van der Waals surface area contributed by atoms with Crippen LogP contribution in [-0.2, 0) is 21.5 Å². The first-order valence-electron chi connectivity index (χ1n) is 9.87. The van der Waals surface area contributed by atoms with Crippen LogP contribution >= 0.6 is 11.6 Å². The van der Waals surface area contributed by atoms with Crippen LogP contribution in [-0.4, -0.2) is 28.4 Å². The van der Waals surface area contributed by atoms with E-state index in [0.29, 0.717) is 5.02 Å². The lowest BCUT2D eigenvalue weighted by Crippen LogP contribution is -2.37. The van der Waals surface area contributed by atoms with E-state index in [4.69, 9.17) is 16.3 Å². The third-order valence-electron chi connectivity index (χ3n) is 5.84. The van der Waals surface area contributed by atoms with Crippen LogP contribution in [0.15, 0.2) is 36.7 Å². The quantitative estimate of drug-likeness (QED) is 0.818. The summed E-state index contributed by atoms with van der Waals surface area (Å²) in [4.78, 5) is 13.2. The van der Waals surface area contributed by atoms with E-state index in [1.54, 1.807) is 6.20 Å². The lowest BCUT2D eigenvalue weighted by molar-refractivity contribution is -0.121. The topological polar surface area (TPSA) is 56.2 Å². The van der Waals surface area contributed by atoms with E-state index in [0.717, 1.165) is 62.9 Å². The Morgan fingerprint density at radius 2 is 2.00 bits per heavy atom. The molecule has 1 amide bonds. The fourth-order valence-electron chi connectivity index (χ4n) is 4.33. The number of nitrogens with one attached hydrogen (secondary N) is 1. The molecular weight excluding hydrogens is 362 g/mol. The Hall–Kier alpha value is -1.85. The summed E-state index contributed by atoms with van der Waals surface area (Å²) in [5.74, 6) is 0.0517. The van der Waals surface area contributed by atoms with Crippen molar-refractivity contribution in [1.29, 1.82) is 0 Å². The van der Waals surface area contributed by atoms with E-state index < -0.39 is 5.41 Å². The molecule has 1 N–H and O–H groups in total. The highest BCUT2D eigenvalue weighted by Crippen LogP contribution is 2.42. The van der Waals surface area contributed by atoms with Crippen molar-refractivity contribution in [2.75, 3.05) is 11.9 Å². The summed E-state index contributed by atoms with van der Waals surface area (Å²) in [5, 5.41) is 8.19. The SMILES string of the molecule is O=C(Nc1cnn(CC2CCCCO2)c1)C1(c2ccc(Cl)cc2)CCCC1. The molecule has 1 atom stereocenters. The van der Waals surface area contributed by atoms with E-state index in [1.165, 1.54) is 6.42 Å². The van der Waals surface area contributed by atoms with Crippen LogP contribution in [0, 0.1) is 0 Å². The molecule has 2 heterocycles. The van der Waals surface area contributed by atoms with E-state index in [-0.39, 0.29) is 12.0 Å². The Morgan fingerprint density at radius 3 is 2.70 bits per heavy atom. The van der Waals surface area contributed by atoms with Gasteiger partial charge in [-0.25, -0.2) is 0 Å². The van der Waals surface area contributed by atoms with Crippen LogP contribution in [0.5, 0.6) is 0 Å². The Balaban J connectivity index is 1.46. The molecular formula is C21H26ClN3O2. The van der Waals surface area contributed by atoms with Gasteiger partial charge in [0.2, 0.25) is 5.91 Å². The van der Waals surface area contributed by atoms with Gasteiger partial charge in [0, 0.05) is 17.8 Å². The summed E-state index contributed by atoms with van der Waals surface area (Å²) in [5.41, 5.74) is 1.32. The van der Waals surface area contributed by atoms with Gasteiger partial charge in [-0.2, -0.15) is 5.10 Å². The second-order valence-electron chi connectivity index (χ2n) is 7.69. The van der Waals surface area contributed by atoms with Gasteiger partial charge in [0.25, 0.3) is 0 Å².